The van der Waals surface area contributed by atoms with Gasteiger partial charge in [-0.25, -0.2) is 8.42 Å². The summed E-state index contributed by atoms with van der Waals surface area (Å²) in [5.74, 6) is 2.43. The third-order valence-corrected chi connectivity index (χ3v) is 12.0. The van der Waals surface area contributed by atoms with Crippen LogP contribution in [-0.2, 0) is 10.0 Å². The summed E-state index contributed by atoms with van der Waals surface area (Å²) in [4.78, 5) is 15.6. The number of sulfonamides is 1. The fourth-order valence-corrected chi connectivity index (χ4v) is 9.95. The van der Waals surface area contributed by atoms with Gasteiger partial charge >= 0.3 is 0 Å². The molecule has 0 unspecified atom stereocenters. The Labute approximate surface area is 236 Å². The Morgan fingerprint density at radius 1 is 1.00 bits per heavy atom. The molecule has 4 bridgehead atoms. The van der Waals surface area contributed by atoms with Gasteiger partial charge in [0, 0.05) is 48.5 Å². The monoisotopic (exact) mass is 571 g/mol. The van der Waals surface area contributed by atoms with E-state index in [4.69, 9.17) is 16.3 Å². The van der Waals surface area contributed by atoms with E-state index >= 15 is 0 Å². The van der Waals surface area contributed by atoms with Crippen molar-refractivity contribution >= 4 is 33.2 Å². The first kappa shape index (κ1) is 26.9. The summed E-state index contributed by atoms with van der Waals surface area (Å²) in [5, 5.41) is 3.92. The molecule has 2 aromatic rings. The highest BCUT2D eigenvalue weighted by atomic mass is 35.5. The molecule has 39 heavy (non-hydrogen) atoms. The Morgan fingerprint density at radius 2 is 1.64 bits per heavy atom. The van der Waals surface area contributed by atoms with Crippen molar-refractivity contribution in [2.75, 3.05) is 38.2 Å². The predicted octanol–water partition coefficient (Wildman–Crippen LogP) is 5.19. The molecule has 1 aliphatic heterocycles. The second-order valence-corrected chi connectivity index (χ2v) is 14.6. The minimum atomic E-state index is -3.86. The number of methoxy groups -OCH3 is 1. The summed E-state index contributed by atoms with van der Waals surface area (Å²) in [6.07, 6.45) is 7.66. The third-order valence-electron chi connectivity index (χ3n) is 9.81. The van der Waals surface area contributed by atoms with Crippen LogP contribution in [0.5, 0.6) is 5.75 Å². The van der Waals surface area contributed by atoms with Gasteiger partial charge < -0.3 is 15.0 Å². The van der Waals surface area contributed by atoms with Crippen LogP contribution < -0.4 is 15.0 Å². The summed E-state index contributed by atoms with van der Waals surface area (Å²) < 4.78 is 34.5. The maximum absolute atomic E-state index is 13.8. The average molecular weight is 572 g/mol. The van der Waals surface area contributed by atoms with Crippen molar-refractivity contribution in [2.24, 2.45) is 23.2 Å². The van der Waals surface area contributed by atoms with Crippen molar-refractivity contribution in [1.82, 2.24) is 9.62 Å². The van der Waals surface area contributed by atoms with E-state index in [0.717, 1.165) is 23.4 Å². The third kappa shape index (κ3) is 5.04. The van der Waals surface area contributed by atoms with Crippen LogP contribution in [-0.4, -0.2) is 58.0 Å². The molecule has 4 aliphatic carbocycles. The number of nitrogens with zero attached hydrogens (tertiary/aromatic N) is 2. The molecule has 0 aromatic heterocycles. The van der Waals surface area contributed by atoms with E-state index in [1.807, 2.05) is 24.3 Å². The maximum atomic E-state index is 13.8. The van der Waals surface area contributed by atoms with Crippen molar-refractivity contribution in [3.05, 3.63) is 53.1 Å². The zero-order valence-corrected chi connectivity index (χ0v) is 24.3. The molecule has 5 aliphatic rings. The summed E-state index contributed by atoms with van der Waals surface area (Å²) in [6.45, 7) is 3.90. The minimum absolute atomic E-state index is 0.0383. The van der Waals surface area contributed by atoms with Crippen LogP contribution in [0.2, 0.25) is 5.02 Å². The summed E-state index contributed by atoms with van der Waals surface area (Å²) in [6, 6.07) is 12.4. The van der Waals surface area contributed by atoms with Gasteiger partial charge in [0.05, 0.1) is 7.11 Å². The van der Waals surface area contributed by atoms with Crippen LogP contribution in [0.4, 0.5) is 5.69 Å². The lowest BCUT2D eigenvalue weighted by molar-refractivity contribution is -0.0688. The molecule has 7 nitrogen and oxygen atoms in total. The van der Waals surface area contributed by atoms with Crippen LogP contribution >= 0.6 is 11.6 Å². The highest BCUT2D eigenvalue weighted by Gasteiger charge is 2.53. The van der Waals surface area contributed by atoms with Gasteiger partial charge in [0.2, 0.25) is 10.0 Å². The number of halogens is 1. The first-order chi connectivity index (χ1) is 18.7. The fourth-order valence-electron chi connectivity index (χ4n) is 8.16. The number of piperazine rings is 1. The molecule has 1 atom stereocenters. The van der Waals surface area contributed by atoms with Gasteiger partial charge in [0.15, 0.2) is 0 Å². The average Bonchev–Trinajstić information content (AvgIpc) is 2.92. The number of carbonyl (C=O) groups is 1. The Bertz CT molecular complexity index is 1320. The van der Waals surface area contributed by atoms with E-state index in [0.29, 0.717) is 36.8 Å². The number of carbonyl (C=O) groups excluding carboxylic acids is 1. The van der Waals surface area contributed by atoms with Crippen molar-refractivity contribution in [1.29, 1.82) is 0 Å². The van der Waals surface area contributed by atoms with Crippen LogP contribution in [0.15, 0.2) is 47.4 Å². The Balaban J connectivity index is 1.17. The molecule has 5 fully saturated rings. The van der Waals surface area contributed by atoms with E-state index < -0.39 is 10.0 Å². The van der Waals surface area contributed by atoms with Crippen molar-refractivity contribution < 1.29 is 17.9 Å². The molecule has 4 saturated carbocycles. The topological polar surface area (TPSA) is 78.9 Å². The molecule has 2 aromatic carbocycles. The lowest BCUT2D eigenvalue weighted by Gasteiger charge is -2.59. The number of hydrogen-bond donors (Lipinski definition) is 1. The lowest BCUT2D eigenvalue weighted by atomic mass is 9.48. The van der Waals surface area contributed by atoms with Crippen molar-refractivity contribution in [3.8, 4) is 5.75 Å². The smallest absolute Gasteiger partial charge is 0.251 e. The highest BCUT2D eigenvalue weighted by molar-refractivity contribution is 7.89. The Hall–Kier alpha value is -2.29. The number of rotatable bonds is 7. The Kier molecular flexibility index (Phi) is 7.09. The number of ether oxygens (including phenoxy) is 1. The van der Waals surface area contributed by atoms with Gasteiger partial charge in [0.1, 0.15) is 10.6 Å². The van der Waals surface area contributed by atoms with Crippen LogP contribution in [0.25, 0.3) is 0 Å². The van der Waals surface area contributed by atoms with Crippen LogP contribution in [0.1, 0.15) is 55.8 Å². The zero-order valence-electron chi connectivity index (χ0n) is 22.7. The van der Waals surface area contributed by atoms with E-state index in [-0.39, 0.29) is 28.0 Å². The molecule has 1 amide bonds. The number of benzene rings is 2. The van der Waals surface area contributed by atoms with Crippen LogP contribution in [0.3, 0.4) is 0 Å². The molecule has 7 rings (SSSR count). The number of nitrogens with one attached hydrogen (secondary N) is 1. The van der Waals surface area contributed by atoms with E-state index in [9.17, 15) is 13.2 Å². The first-order valence-electron chi connectivity index (χ1n) is 14.2. The molecule has 210 valence electrons. The molecule has 1 heterocycles. The largest absolute Gasteiger partial charge is 0.495 e. The first-order valence-corrected chi connectivity index (χ1v) is 16.0. The molecular formula is C30H38ClN3O4S. The van der Waals surface area contributed by atoms with Gasteiger partial charge in [-0.15, -0.1) is 0 Å². The Morgan fingerprint density at radius 3 is 2.23 bits per heavy atom. The SMILES string of the molecule is COc1ccc(C(=O)N[C@@H](C)C23CC4CC(CC(C4)C2)C3)cc1S(=O)(=O)N1CCN(c2cccc(Cl)c2)CC1. The molecule has 9 heteroatoms. The van der Waals surface area contributed by atoms with E-state index in [2.05, 4.69) is 17.1 Å². The molecule has 1 saturated heterocycles. The van der Waals surface area contributed by atoms with Gasteiger partial charge in [-0.2, -0.15) is 4.31 Å². The fraction of sp³-hybridized carbons (Fsp3) is 0.567. The second-order valence-electron chi connectivity index (χ2n) is 12.2. The molecule has 0 spiro atoms. The van der Waals surface area contributed by atoms with Crippen LogP contribution in [0, 0.1) is 23.2 Å². The van der Waals surface area contributed by atoms with Gasteiger partial charge in [0.25, 0.3) is 5.91 Å². The molecule has 0 radical (unpaired) electrons. The standard InChI is InChI=1S/C30H38ClN3O4S/c1-20(30-17-21-12-22(18-30)14-23(13-21)19-30)32-29(35)24-6-7-27(38-2)28(15-24)39(36,37)34-10-8-33(9-11-34)26-5-3-4-25(31)16-26/h3-7,15-16,20-23H,8-14,17-19H2,1-2H3,(H,32,35)/t20-,21?,22?,23?,30?/m0/s1. The van der Waals surface area contributed by atoms with Gasteiger partial charge in [-0.3, -0.25) is 4.79 Å². The van der Waals surface area contributed by atoms with Gasteiger partial charge in [-0.1, -0.05) is 17.7 Å². The quantitative estimate of drug-likeness (QED) is 0.494. The summed E-state index contributed by atoms with van der Waals surface area (Å²) in [7, 11) is -2.41. The number of hydrogen-bond acceptors (Lipinski definition) is 5. The normalized spacial score (nSPS) is 29.3. The second kappa shape index (κ2) is 10.3. The van der Waals surface area contributed by atoms with E-state index in [1.165, 1.54) is 56.0 Å². The van der Waals surface area contributed by atoms with Gasteiger partial charge in [-0.05, 0) is 105 Å². The van der Waals surface area contributed by atoms with Crippen molar-refractivity contribution in [3.63, 3.8) is 0 Å². The summed E-state index contributed by atoms with van der Waals surface area (Å²) in [5.41, 5.74) is 1.50. The van der Waals surface area contributed by atoms with E-state index in [1.54, 1.807) is 12.1 Å². The lowest BCUT2D eigenvalue weighted by Crippen LogP contribution is -2.55. The molecule has 1 N–H and O–H groups in total. The summed E-state index contributed by atoms with van der Waals surface area (Å²) >= 11 is 6.15. The maximum Gasteiger partial charge on any atom is 0.251 e. The predicted molar refractivity (Wildman–Crippen MR) is 153 cm³/mol. The van der Waals surface area contributed by atoms with Crippen molar-refractivity contribution in [2.45, 2.75) is 56.4 Å². The highest BCUT2D eigenvalue weighted by Crippen LogP contribution is 2.61. The number of anilines is 1. The zero-order chi connectivity index (χ0) is 27.4. The number of amides is 1. The minimum Gasteiger partial charge on any atom is -0.495 e. The molecular weight excluding hydrogens is 534 g/mol.